The predicted octanol–water partition coefficient (Wildman–Crippen LogP) is 0.681. The van der Waals surface area contributed by atoms with E-state index >= 15 is 0 Å². The van der Waals surface area contributed by atoms with Gasteiger partial charge in [-0.1, -0.05) is 12.6 Å². The molecule has 0 unspecified atom stereocenters. The highest BCUT2D eigenvalue weighted by Gasteiger charge is 2.20. The smallest absolute Gasteiger partial charge is 0.258 e. The summed E-state index contributed by atoms with van der Waals surface area (Å²) in [5, 5.41) is 7.08. The van der Waals surface area contributed by atoms with E-state index < -0.39 is 6.04 Å². The lowest BCUT2D eigenvalue weighted by Gasteiger charge is -2.16. The van der Waals surface area contributed by atoms with Crippen LogP contribution in [0.5, 0.6) is 0 Å². The molecule has 0 fully saturated rings. The Bertz CT molecular complexity index is 403. The minimum absolute atomic E-state index is 0.137. The molecule has 0 radical (unpaired) electrons. The number of nitrogens with one attached hydrogen (secondary N) is 2. The topological polar surface area (TPSA) is 67.4 Å². The van der Waals surface area contributed by atoms with E-state index in [4.69, 9.17) is 4.74 Å². The van der Waals surface area contributed by atoms with Gasteiger partial charge in [0.2, 0.25) is 5.91 Å². The Labute approximate surface area is 110 Å². The van der Waals surface area contributed by atoms with Crippen molar-refractivity contribution in [2.24, 2.45) is 0 Å². The van der Waals surface area contributed by atoms with Gasteiger partial charge in [-0.05, 0) is 11.4 Å². The molecule has 2 N–H and O–H groups in total. The number of likely N-dealkylation sites (N-methyl/N-ethyl adjacent to an activating group) is 1. The molecule has 1 atom stereocenters. The molecule has 0 aliphatic heterocycles. The molecule has 0 spiro atoms. The van der Waals surface area contributed by atoms with Crippen molar-refractivity contribution >= 4 is 23.2 Å². The summed E-state index contributed by atoms with van der Waals surface area (Å²) in [5.74, 6) is -0.574. The quantitative estimate of drug-likeness (QED) is 0.715. The van der Waals surface area contributed by atoms with Crippen molar-refractivity contribution in [1.29, 1.82) is 0 Å². The number of rotatable bonds is 7. The van der Waals surface area contributed by atoms with E-state index in [9.17, 15) is 9.59 Å². The molecule has 18 heavy (non-hydrogen) atoms. The molecule has 0 bridgehead atoms. The van der Waals surface area contributed by atoms with Crippen molar-refractivity contribution in [1.82, 2.24) is 10.6 Å². The molecule has 0 saturated heterocycles. The molecule has 0 aromatic carbocycles. The van der Waals surface area contributed by atoms with Crippen molar-refractivity contribution in [3.05, 3.63) is 35.2 Å². The first-order chi connectivity index (χ1) is 8.67. The Morgan fingerprint density at radius 2 is 2.39 bits per heavy atom. The second kappa shape index (κ2) is 7.50. The Hall–Kier alpha value is -1.82. The van der Waals surface area contributed by atoms with Crippen LogP contribution < -0.4 is 10.6 Å². The third kappa shape index (κ3) is 4.58. The average Bonchev–Trinajstić information content (AvgIpc) is 2.87. The van der Waals surface area contributed by atoms with Gasteiger partial charge in [0.1, 0.15) is 6.04 Å². The lowest BCUT2D eigenvalue weighted by Crippen LogP contribution is -2.47. The monoisotopic (exact) mass is 268 g/mol. The van der Waals surface area contributed by atoms with E-state index in [0.717, 1.165) is 4.88 Å². The van der Waals surface area contributed by atoms with E-state index in [1.54, 1.807) is 11.3 Å². The maximum Gasteiger partial charge on any atom is 0.258 e. The first-order valence-corrected chi connectivity index (χ1v) is 6.31. The first-order valence-electron chi connectivity index (χ1n) is 5.43. The summed E-state index contributed by atoms with van der Waals surface area (Å²) in [6.45, 7) is 3.21. The molecule has 2 amide bonds. The molecule has 98 valence electrons. The van der Waals surface area contributed by atoms with Crippen LogP contribution in [0.15, 0.2) is 30.4 Å². The number of amides is 2. The van der Waals surface area contributed by atoms with Crippen molar-refractivity contribution in [2.45, 2.75) is 12.5 Å². The molecular formula is C12H16N2O3S. The molecule has 5 nitrogen and oxygen atoms in total. The van der Waals surface area contributed by atoms with Gasteiger partial charge in [-0.25, -0.2) is 0 Å². The zero-order valence-electron chi connectivity index (χ0n) is 10.1. The molecule has 1 aromatic heterocycles. The Morgan fingerprint density at radius 1 is 1.61 bits per heavy atom. The Balaban J connectivity index is 2.58. The maximum atomic E-state index is 11.7. The second-order valence-corrected chi connectivity index (χ2v) is 4.53. The van der Waals surface area contributed by atoms with Crippen molar-refractivity contribution < 1.29 is 14.3 Å². The largest absolute Gasteiger partial charge is 0.492 e. The molecule has 0 aliphatic carbocycles. The van der Waals surface area contributed by atoms with Crippen LogP contribution in [0.1, 0.15) is 4.88 Å². The highest BCUT2D eigenvalue weighted by Crippen LogP contribution is 2.11. The van der Waals surface area contributed by atoms with Gasteiger partial charge in [0.15, 0.2) is 6.61 Å². The van der Waals surface area contributed by atoms with E-state index in [1.807, 2.05) is 17.5 Å². The summed E-state index contributed by atoms with van der Waals surface area (Å²) in [6, 6.07) is 3.24. The van der Waals surface area contributed by atoms with Crippen LogP contribution in [0.2, 0.25) is 0 Å². The molecule has 6 heteroatoms. The minimum atomic E-state index is -0.588. The molecular weight excluding hydrogens is 252 g/mol. The van der Waals surface area contributed by atoms with Crippen LogP contribution in [0, 0.1) is 0 Å². The molecule has 1 aromatic rings. The van der Waals surface area contributed by atoms with Gasteiger partial charge in [0.25, 0.3) is 5.91 Å². The van der Waals surface area contributed by atoms with Gasteiger partial charge in [0, 0.05) is 18.3 Å². The minimum Gasteiger partial charge on any atom is -0.492 e. The maximum absolute atomic E-state index is 11.7. The first kappa shape index (κ1) is 14.2. The predicted molar refractivity (Wildman–Crippen MR) is 70.2 cm³/mol. The van der Waals surface area contributed by atoms with E-state index in [2.05, 4.69) is 17.2 Å². The normalized spacial score (nSPS) is 11.4. The number of carbonyl (C=O) groups excluding carboxylic acids is 2. The number of ether oxygens (including phenoxy) is 1. The molecule has 1 heterocycles. The van der Waals surface area contributed by atoms with Gasteiger partial charge < -0.3 is 15.4 Å². The van der Waals surface area contributed by atoms with Crippen molar-refractivity contribution in [3.63, 3.8) is 0 Å². The SMILES string of the molecule is C=COCC(=O)N[C@@H](Cc1cccs1)C(=O)NC. The Morgan fingerprint density at radius 3 is 2.94 bits per heavy atom. The van der Waals surface area contributed by atoms with Gasteiger partial charge >= 0.3 is 0 Å². The van der Waals surface area contributed by atoms with Crippen LogP contribution in [-0.2, 0) is 20.7 Å². The van der Waals surface area contributed by atoms with E-state index in [-0.39, 0.29) is 18.4 Å². The number of hydrogen-bond acceptors (Lipinski definition) is 4. The fourth-order valence-electron chi connectivity index (χ4n) is 1.38. The number of thiophene rings is 1. The standard InChI is InChI=1S/C12H16N2O3S/c1-3-17-8-11(15)14-10(12(16)13-2)7-9-5-4-6-18-9/h3-6,10H,1,7-8H2,2H3,(H,13,16)(H,14,15)/t10-/m0/s1. The van der Waals surface area contributed by atoms with Crippen LogP contribution in [0.3, 0.4) is 0 Å². The fourth-order valence-corrected chi connectivity index (χ4v) is 2.14. The van der Waals surface area contributed by atoms with Crippen LogP contribution in [0.25, 0.3) is 0 Å². The van der Waals surface area contributed by atoms with E-state index in [1.165, 1.54) is 13.3 Å². The lowest BCUT2D eigenvalue weighted by atomic mass is 10.1. The zero-order chi connectivity index (χ0) is 13.4. The van der Waals surface area contributed by atoms with Gasteiger partial charge in [-0.15, -0.1) is 11.3 Å². The zero-order valence-corrected chi connectivity index (χ0v) is 11.0. The summed E-state index contributed by atoms with van der Waals surface area (Å²) in [4.78, 5) is 24.2. The number of carbonyl (C=O) groups is 2. The summed E-state index contributed by atoms with van der Waals surface area (Å²) >= 11 is 1.55. The molecule has 1 rings (SSSR count). The summed E-state index contributed by atoms with van der Waals surface area (Å²) in [7, 11) is 1.54. The summed E-state index contributed by atoms with van der Waals surface area (Å²) in [5.41, 5.74) is 0. The Kier molecular flexibility index (Phi) is 5.93. The molecule has 0 aliphatic rings. The highest BCUT2D eigenvalue weighted by atomic mass is 32.1. The summed E-state index contributed by atoms with van der Waals surface area (Å²) in [6.07, 6.45) is 1.66. The summed E-state index contributed by atoms with van der Waals surface area (Å²) < 4.78 is 4.77. The van der Waals surface area contributed by atoms with Gasteiger partial charge in [-0.2, -0.15) is 0 Å². The van der Waals surface area contributed by atoms with Gasteiger partial charge in [0.05, 0.1) is 6.26 Å². The van der Waals surface area contributed by atoms with Crippen molar-refractivity contribution in [3.8, 4) is 0 Å². The fraction of sp³-hybridized carbons (Fsp3) is 0.333. The number of hydrogen-bond donors (Lipinski definition) is 2. The lowest BCUT2D eigenvalue weighted by molar-refractivity contribution is -0.130. The second-order valence-electron chi connectivity index (χ2n) is 3.50. The highest BCUT2D eigenvalue weighted by molar-refractivity contribution is 7.09. The van der Waals surface area contributed by atoms with Crippen LogP contribution in [-0.4, -0.2) is 31.5 Å². The van der Waals surface area contributed by atoms with Crippen molar-refractivity contribution in [2.75, 3.05) is 13.7 Å². The third-order valence-corrected chi connectivity index (χ3v) is 3.11. The third-order valence-electron chi connectivity index (χ3n) is 2.22. The van der Waals surface area contributed by atoms with Crippen LogP contribution >= 0.6 is 11.3 Å². The average molecular weight is 268 g/mol. The van der Waals surface area contributed by atoms with Gasteiger partial charge in [-0.3, -0.25) is 9.59 Å². The van der Waals surface area contributed by atoms with E-state index in [0.29, 0.717) is 6.42 Å². The van der Waals surface area contributed by atoms with Crippen LogP contribution in [0.4, 0.5) is 0 Å². The molecule has 0 saturated carbocycles.